The first-order valence-electron chi connectivity index (χ1n) is 7.96. The number of carbonyl (C=O) groups is 2. The van der Waals surface area contributed by atoms with Crippen molar-refractivity contribution in [3.8, 4) is 0 Å². The van der Waals surface area contributed by atoms with Crippen LogP contribution in [0.5, 0.6) is 0 Å². The van der Waals surface area contributed by atoms with E-state index < -0.39 is 17.6 Å². The molecule has 6 heteroatoms. The maximum absolute atomic E-state index is 12.1. The third-order valence-electron chi connectivity index (χ3n) is 3.64. The molecule has 0 saturated carbocycles. The van der Waals surface area contributed by atoms with E-state index in [1.54, 1.807) is 25.1 Å². The van der Waals surface area contributed by atoms with Crippen LogP contribution in [0, 0.1) is 0 Å². The molecule has 25 heavy (non-hydrogen) atoms. The summed E-state index contributed by atoms with van der Waals surface area (Å²) in [5.41, 5.74) is -0.430. The molecule has 2 aromatic rings. The Kier molecular flexibility index (Phi) is 6.14. The van der Waals surface area contributed by atoms with Gasteiger partial charge in [0, 0.05) is 6.08 Å². The van der Waals surface area contributed by atoms with Crippen molar-refractivity contribution in [2.75, 3.05) is 6.54 Å². The Morgan fingerprint density at radius 2 is 1.96 bits per heavy atom. The molecule has 0 bridgehead atoms. The minimum absolute atomic E-state index is 0.0284. The van der Waals surface area contributed by atoms with Crippen molar-refractivity contribution in [1.29, 1.82) is 0 Å². The predicted octanol–water partition coefficient (Wildman–Crippen LogP) is 1.82. The monoisotopic (exact) mass is 342 g/mol. The molecule has 0 radical (unpaired) electrons. The molecule has 3 N–H and O–H groups in total. The number of nitrogens with one attached hydrogen (secondary N) is 2. The van der Waals surface area contributed by atoms with Gasteiger partial charge in [-0.25, -0.2) is 0 Å². The van der Waals surface area contributed by atoms with E-state index in [1.807, 2.05) is 30.3 Å². The van der Waals surface area contributed by atoms with Gasteiger partial charge in [-0.15, -0.1) is 0 Å². The molecule has 0 saturated heterocycles. The van der Waals surface area contributed by atoms with Gasteiger partial charge in [-0.1, -0.05) is 30.3 Å². The van der Waals surface area contributed by atoms with Crippen molar-refractivity contribution in [3.05, 3.63) is 66.1 Å². The number of amides is 2. The molecule has 2 unspecified atom stereocenters. The molecule has 2 atom stereocenters. The smallest absolute Gasteiger partial charge is 0.244 e. The molecule has 6 nitrogen and oxygen atoms in total. The van der Waals surface area contributed by atoms with E-state index in [0.29, 0.717) is 5.76 Å². The number of rotatable bonds is 7. The van der Waals surface area contributed by atoms with Crippen molar-refractivity contribution in [2.24, 2.45) is 0 Å². The van der Waals surface area contributed by atoms with Gasteiger partial charge in [-0.2, -0.15) is 0 Å². The number of carbonyl (C=O) groups excluding carboxylic acids is 2. The van der Waals surface area contributed by atoms with Gasteiger partial charge in [0.1, 0.15) is 17.4 Å². The minimum Gasteiger partial charge on any atom is -0.466 e. The Morgan fingerprint density at radius 1 is 1.24 bits per heavy atom. The fourth-order valence-electron chi connectivity index (χ4n) is 2.15. The second kappa shape index (κ2) is 8.30. The fraction of sp³-hybridized carbons (Fsp3) is 0.263. The summed E-state index contributed by atoms with van der Waals surface area (Å²) >= 11 is 0. The third-order valence-corrected chi connectivity index (χ3v) is 3.64. The number of benzene rings is 1. The van der Waals surface area contributed by atoms with Crippen molar-refractivity contribution in [3.63, 3.8) is 0 Å². The van der Waals surface area contributed by atoms with Crippen molar-refractivity contribution in [2.45, 2.75) is 25.5 Å². The molecule has 2 amide bonds. The summed E-state index contributed by atoms with van der Waals surface area (Å²) in [7, 11) is 0. The molecular formula is C19H22N2O4. The van der Waals surface area contributed by atoms with E-state index in [4.69, 9.17) is 4.42 Å². The van der Waals surface area contributed by atoms with Crippen molar-refractivity contribution >= 4 is 17.9 Å². The zero-order chi connectivity index (χ0) is 18.3. The zero-order valence-corrected chi connectivity index (χ0v) is 14.2. The predicted molar refractivity (Wildman–Crippen MR) is 94.4 cm³/mol. The Labute approximate surface area is 146 Å². The largest absolute Gasteiger partial charge is 0.466 e. The molecule has 0 aliphatic carbocycles. The Bertz CT molecular complexity index is 721. The van der Waals surface area contributed by atoms with Gasteiger partial charge in [0.25, 0.3) is 0 Å². The van der Waals surface area contributed by atoms with Crippen LogP contribution in [0.1, 0.15) is 25.2 Å². The van der Waals surface area contributed by atoms with Crippen LogP contribution in [0.2, 0.25) is 0 Å². The maximum atomic E-state index is 12.1. The van der Waals surface area contributed by atoms with Crippen molar-refractivity contribution < 1.29 is 19.1 Å². The molecule has 0 spiro atoms. The highest BCUT2D eigenvalue weighted by molar-refractivity contribution is 5.95. The van der Waals surface area contributed by atoms with Gasteiger partial charge in [-0.3, -0.25) is 9.59 Å². The summed E-state index contributed by atoms with van der Waals surface area (Å²) in [6.45, 7) is 3.09. The van der Waals surface area contributed by atoms with E-state index in [1.165, 1.54) is 19.3 Å². The summed E-state index contributed by atoms with van der Waals surface area (Å²) < 4.78 is 5.15. The summed E-state index contributed by atoms with van der Waals surface area (Å²) in [5, 5.41) is 15.5. The average molecular weight is 342 g/mol. The Morgan fingerprint density at radius 3 is 2.60 bits per heavy atom. The number of aliphatic hydroxyl groups is 1. The van der Waals surface area contributed by atoms with Crippen LogP contribution in [0.3, 0.4) is 0 Å². The molecule has 132 valence electrons. The first-order valence-corrected chi connectivity index (χ1v) is 7.96. The molecular weight excluding hydrogens is 320 g/mol. The highest BCUT2D eigenvalue weighted by Crippen LogP contribution is 2.19. The Balaban J connectivity index is 1.81. The van der Waals surface area contributed by atoms with Crippen LogP contribution in [-0.4, -0.2) is 29.5 Å². The summed E-state index contributed by atoms with van der Waals surface area (Å²) in [4.78, 5) is 24.0. The van der Waals surface area contributed by atoms with E-state index in [9.17, 15) is 14.7 Å². The van der Waals surface area contributed by atoms with Crippen LogP contribution in [0.15, 0.2) is 59.2 Å². The second-order valence-electron chi connectivity index (χ2n) is 5.94. The lowest BCUT2D eigenvalue weighted by Crippen LogP contribution is -2.48. The van der Waals surface area contributed by atoms with Crippen LogP contribution in [-0.2, 0) is 15.2 Å². The molecule has 1 heterocycles. The highest BCUT2D eigenvalue weighted by atomic mass is 16.4. The molecule has 0 aliphatic heterocycles. The molecule has 0 aliphatic rings. The first kappa shape index (κ1) is 18.5. The fourth-order valence-corrected chi connectivity index (χ4v) is 2.15. The zero-order valence-electron chi connectivity index (χ0n) is 14.2. The van der Waals surface area contributed by atoms with Gasteiger partial charge in [0.05, 0.1) is 12.8 Å². The number of hydrogen-bond acceptors (Lipinski definition) is 4. The van der Waals surface area contributed by atoms with E-state index in [-0.39, 0.29) is 12.5 Å². The normalized spacial score (nSPS) is 14.7. The standard InChI is InChI=1S/C19H22N2O4/c1-14(21-17(22)11-10-15-7-4-3-5-8-15)18(23)20-13-19(2,24)16-9-6-12-25-16/h3-12,14,24H,13H2,1-2H3,(H,20,23)(H,21,22). The van der Waals surface area contributed by atoms with Gasteiger partial charge in [0.2, 0.25) is 11.8 Å². The van der Waals surface area contributed by atoms with Crippen LogP contribution < -0.4 is 10.6 Å². The lowest BCUT2D eigenvalue weighted by molar-refractivity contribution is -0.127. The summed E-state index contributed by atoms with van der Waals surface area (Å²) in [5.74, 6) is -0.409. The quantitative estimate of drug-likeness (QED) is 0.669. The number of furan rings is 1. The van der Waals surface area contributed by atoms with Crippen LogP contribution in [0.4, 0.5) is 0 Å². The maximum Gasteiger partial charge on any atom is 0.244 e. The summed E-state index contributed by atoms with van der Waals surface area (Å²) in [6.07, 6.45) is 4.49. The number of hydrogen-bond donors (Lipinski definition) is 3. The molecule has 1 aromatic carbocycles. The van der Waals surface area contributed by atoms with Gasteiger partial charge in [0.15, 0.2) is 0 Å². The van der Waals surface area contributed by atoms with E-state index in [2.05, 4.69) is 10.6 Å². The van der Waals surface area contributed by atoms with Crippen molar-refractivity contribution in [1.82, 2.24) is 10.6 Å². The van der Waals surface area contributed by atoms with E-state index in [0.717, 1.165) is 5.56 Å². The second-order valence-corrected chi connectivity index (χ2v) is 5.94. The topological polar surface area (TPSA) is 91.6 Å². The average Bonchev–Trinajstić information content (AvgIpc) is 3.14. The Hall–Kier alpha value is -2.86. The lowest BCUT2D eigenvalue weighted by atomic mass is 10.0. The van der Waals surface area contributed by atoms with Gasteiger partial charge in [-0.05, 0) is 37.6 Å². The van der Waals surface area contributed by atoms with Gasteiger partial charge < -0.3 is 20.2 Å². The molecule has 2 rings (SSSR count). The molecule has 1 aromatic heterocycles. The van der Waals surface area contributed by atoms with Crippen LogP contribution in [0.25, 0.3) is 6.08 Å². The summed E-state index contributed by atoms with van der Waals surface area (Å²) in [6, 6.07) is 11.9. The minimum atomic E-state index is -1.32. The lowest BCUT2D eigenvalue weighted by Gasteiger charge is -2.22. The van der Waals surface area contributed by atoms with Crippen LogP contribution >= 0.6 is 0 Å². The van der Waals surface area contributed by atoms with Gasteiger partial charge >= 0.3 is 0 Å². The first-order chi connectivity index (χ1) is 11.9. The van der Waals surface area contributed by atoms with E-state index >= 15 is 0 Å². The third kappa shape index (κ3) is 5.61. The molecule has 0 fully saturated rings. The highest BCUT2D eigenvalue weighted by Gasteiger charge is 2.27. The SMILES string of the molecule is CC(NC(=O)C=Cc1ccccc1)C(=O)NCC(C)(O)c1ccco1.